The van der Waals surface area contributed by atoms with Crippen molar-refractivity contribution in [1.29, 1.82) is 0 Å². The van der Waals surface area contributed by atoms with Crippen molar-refractivity contribution in [3.63, 3.8) is 0 Å². The second kappa shape index (κ2) is 5.01. The van der Waals surface area contributed by atoms with Gasteiger partial charge in [0.15, 0.2) is 11.5 Å². The number of rotatable bonds is 5. The van der Waals surface area contributed by atoms with Crippen LogP contribution in [0.3, 0.4) is 0 Å². The fourth-order valence-electron chi connectivity index (χ4n) is 1.56. The molecule has 18 heavy (non-hydrogen) atoms. The van der Waals surface area contributed by atoms with Crippen LogP contribution >= 0.6 is 0 Å². The highest BCUT2D eigenvalue weighted by Gasteiger charge is 2.11. The molecule has 2 rings (SSSR count). The fourth-order valence-corrected chi connectivity index (χ4v) is 1.56. The number of carbonyl (C=O) groups is 1. The number of nitrogens with one attached hydrogen (secondary N) is 1. The van der Waals surface area contributed by atoms with Crippen molar-refractivity contribution in [2.24, 2.45) is 0 Å². The van der Waals surface area contributed by atoms with Crippen molar-refractivity contribution in [1.82, 2.24) is 15.6 Å². The zero-order valence-electron chi connectivity index (χ0n) is 10.1. The first kappa shape index (κ1) is 12.3. The molecule has 0 amide bonds. The molecule has 0 aliphatic rings. The minimum Gasteiger partial charge on any atom is -0.476 e. The van der Waals surface area contributed by atoms with Gasteiger partial charge in [-0.15, -0.1) is 0 Å². The van der Waals surface area contributed by atoms with E-state index in [2.05, 4.69) is 15.6 Å². The summed E-state index contributed by atoms with van der Waals surface area (Å²) < 4.78 is 9.90. The van der Waals surface area contributed by atoms with Crippen LogP contribution in [-0.4, -0.2) is 21.4 Å². The van der Waals surface area contributed by atoms with Crippen LogP contribution in [0.25, 0.3) is 0 Å². The molecule has 2 N–H and O–H groups in total. The number of aryl methyl sites for hydroxylation is 2. The summed E-state index contributed by atoms with van der Waals surface area (Å²) in [6.07, 6.45) is 0. The zero-order chi connectivity index (χ0) is 13.1. The van der Waals surface area contributed by atoms with Gasteiger partial charge in [0, 0.05) is 18.2 Å². The maximum Gasteiger partial charge on any atom is 0.358 e. The van der Waals surface area contributed by atoms with Crippen molar-refractivity contribution in [3.05, 3.63) is 34.5 Å². The molecule has 0 fully saturated rings. The molecule has 2 heterocycles. The molecular weight excluding hydrogens is 238 g/mol. The summed E-state index contributed by atoms with van der Waals surface area (Å²) in [7, 11) is 0. The molecule has 0 aliphatic carbocycles. The Balaban J connectivity index is 1.90. The molecule has 0 unspecified atom stereocenters. The number of carboxylic acids is 1. The van der Waals surface area contributed by atoms with Gasteiger partial charge in [-0.05, 0) is 13.8 Å². The van der Waals surface area contributed by atoms with Gasteiger partial charge in [0.1, 0.15) is 5.76 Å². The molecule has 0 saturated carbocycles. The van der Waals surface area contributed by atoms with Crippen LogP contribution in [0.15, 0.2) is 15.1 Å². The predicted octanol–water partition coefficient (Wildman–Crippen LogP) is 1.27. The van der Waals surface area contributed by atoms with E-state index in [-0.39, 0.29) is 5.69 Å². The van der Waals surface area contributed by atoms with E-state index in [1.807, 2.05) is 13.8 Å². The van der Waals surface area contributed by atoms with Crippen LogP contribution in [-0.2, 0) is 13.1 Å². The lowest BCUT2D eigenvalue weighted by atomic mass is 10.2. The highest BCUT2D eigenvalue weighted by molar-refractivity contribution is 5.85. The number of hydrogen-bond acceptors (Lipinski definition) is 6. The summed E-state index contributed by atoms with van der Waals surface area (Å²) in [4.78, 5) is 10.6. The van der Waals surface area contributed by atoms with Gasteiger partial charge in [-0.25, -0.2) is 4.79 Å². The molecule has 7 heteroatoms. The second-order valence-electron chi connectivity index (χ2n) is 3.89. The van der Waals surface area contributed by atoms with Crippen molar-refractivity contribution >= 4 is 5.97 Å². The normalized spacial score (nSPS) is 10.8. The summed E-state index contributed by atoms with van der Waals surface area (Å²) in [5, 5.41) is 19.1. The Morgan fingerprint density at radius 2 is 2.11 bits per heavy atom. The molecular formula is C11H13N3O4. The lowest BCUT2D eigenvalue weighted by Gasteiger charge is -2.00. The first-order chi connectivity index (χ1) is 8.58. The van der Waals surface area contributed by atoms with E-state index in [1.165, 1.54) is 6.07 Å². The number of aromatic carboxylic acids is 1. The summed E-state index contributed by atoms with van der Waals surface area (Å²) in [6, 6.07) is 1.39. The maximum absolute atomic E-state index is 10.6. The Morgan fingerprint density at radius 1 is 1.33 bits per heavy atom. The summed E-state index contributed by atoms with van der Waals surface area (Å²) in [5.74, 6) is 0.138. The average molecular weight is 251 g/mol. The Morgan fingerprint density at radius 3 is 2.67 bits per heavy atom. The lowest BCUT2D eigenvalue weighted by molar-refractivity contribution is 0.0685. The van der Waals surface area contributed by atoms with Gasteiger partial charge in [0.2, 0.25) is 0 Å². The molecule has 0 aromatic carbocycles. The predicted molar refractivity (Wildman–Crippen MR) is 60.0 cm³/mol. The van der Waals surface area contributed by atoms with E-state index in [9.17, 15) is 4.79 Å². The van der Waals surface area contributed by atoms with Gasteiger partial charge >= 0.3 is 5.97 Å². The van der Waals surface area contributed by atoms with Gasteiger partial charge in [-0.1, -0.05) is 10.3 Å². The molecule has 2 aromatic heterocycles. The quantitative estimate of drug-likeness (QED) is 0.824. The molecule has 0 atom stereocenters. The molecule has 0 spiro atoms. The van der Waals surface area contributed by atoms with E-state index >= 15 is 0 Å². The standard InChI is InChI=1S/C11H13N3O4/c1-6-9(7(2)17-13-6)5-12-4-8-3-10(11(15)16)14-18-8/h3,12H,4-5H2,1-2H3,(H,15,16). The molecule has 0 saturated heterocycles. The van der Waals surface area contributed by atoms with Crippen LogP contribution in [0.4, 0.5) is 0 Å². The van der Waals surface area contributed by atoms with Crippen molar-refractivity contribution in [2.75, 3.05) is 0 Å². The van der Waals surface area contributed by atoms with Crippen LogP contribution in [0.1, 0.15) is 33.3 Å². The SMILES string of the molecule is Cc1noc(C)c1CNCc1cc(C(=O)O)no1. The number of aromatic nitrogens is 2. The number of hydrogen-bond donors (Lipinski definition) is 2. The smallest absolute Gasteiger partial charge is 0.358 e. The third kappa shape index (κ3) is 2.57. The molecule has 7 nitrogen and oxygen atoms in total. The van der Waals surface area contributed by atoms with Gasteiger partial charge in [0.25, 0.3) is 0 Å². The highest BCUT2D eigenvalue weighted by Crippen LogP contribution is 2.12. The first-order valence-corrected chi connectivity index (χ1v) is 5.39. The third-order valence-corrected chi connectivity index (χ3v) is 2.56. The van der Waals surface area contributed by atoms with Crippen LogP contribution in [0.2, 0.25) is 0 Å². The molecule has 0 aliphatic heterocycles. The van der Waals surface area contributed by atoms with Crippen LogP contribution in [0.5, 0.6) is 0 Å². The van der Waals surface area contributed by atoms with E-state index in [1.54, 1.807) is 0 Å². The minimum atomic E-state index is -1.10. The second-order valence-corrected chi connectivity index (χ2v) is 3.89. The van der Waals surface area contributed by atoms with Gasteiger partial charge < -0.3 is 19.5 Å². The van der Waals surface area contributed by atoms with Crippen LogP contribution < -0.4 is 5.32 Å². The van der Waals surface area contributed by atoms with Gasteiger partial charge in [-0.3, -0.25) is 0 Å². The van der Waals surface area contributed by atoms with Gasteiger partial charge in [-0.2, -0.15) is 0 Å². The van der Waals surface area contributed by atoms with E-state index in [0.717, 1.165) is 17.0 Å². The Hall–Kier alpha value is -2.15. The summed E-state index contributed by atoms with van der Waals surface area (Å²) in [5.41, 5.74) is 1.74. The topological polar surface area (TPSA) is 101 Å². The lowest BCUT2D eigenvalue weighted by Crippen LogP contribution is -2.13. The van der Waals surface area contributed by atoms with Crippen molar-refractivity contribution in [2.45, 2.75) is 26.9 Å². The molecule has 2 aromatic rings. The zero-order valence-corrected chi connectivity index (χ0v) is 10.1. The Kier molecular flexibility index (Phi) is 3.42. The average Bonchev–Trinajstić information content (AvgIpc) is 2.90. The Labute approximate surface area is 103 Å². The monoisotopic (exact) mass is 251 g/mol. The van der Waals surface area contributed by atoms with Crippen molar-refractivity contribution < 1.29 is 18.9 Å². The minimum absolute atomic E-state index is 0.0934. The van der Waals surface area contributed by atoms with Crippen molar-refractivity contribution in [3.8, 4) is 0 Å². The summed E-state index contributed by atoms with van der Waals surface area (Å²) >= 11 is 0. The van der Waals surface area contributed by atoms with E-state index < -0.39 is 5.97 Å². The maximum atomic E-state index is 10.6. The van der Waals surface area contributed by atoms with E-state index in [4.69, 9.17) is 14.2 Å². The van der Waals surface area contributed by atoms with Gasteiger partial charge in [0.05, 0.1) is 12.2 Å². The largest absolute Gasteiger partial charge is 0.476 e. The highest BCUT2D eigenvalue weighted by atomic mass is 16.5. The first-order valence-electron chi connectivity index (χ1n) is 5.39. The molecule has 0 bridgehead atoms. The van der Waals surface area contributed by atoms with E-state index in [0.29, 0.717) is 18.8 Å². The number of carboxylic acid groups (broad SMARTS) is 1. The van der Waals surface area contributed by atoms with Crippen LogP contribution in [0, 0.1) is 13.8 Å². The summed E-state index contributed by atoms with van der Waals surface area (Å²) in [6.45, 7) is 4.67. The third-order valence-electron chi connectivity index (χ3n) is 2.56. The number of nitrogens with zero attached hydrogens (tertiary/aromatic N) is 2. The Bertz CT molecular complexity index is 539. The molecule has 0 radical (unpaired) electrons. The fraction of sp³-hybridized carbons (Fsp3) is 0.364. The molecule has 96 valence electrons.